The lowest BCUT2D eigenvalue weighted by Gasteiger charge is -2.21. The summed E-state index contributed by atoms with van der Waals surface area (Å²) >= 11 is 0. The van der Waals surface area contributed by atoms with E-state index in [0.29, 0.717) is 23.1 Å². The van der Waals surface area contributed by atoms with E-state index in [0.717, 1.165) is 23.8 Å². The molecule has 0 aliphatic carbocycles. The molecule has 4 rings (SSSR count). The highest BCUT2D eigenvalue weighted by Crippen LogP contribution is 2.47. The molecule has 0 spiro atoms. The fraction of sp³-hybridized carbons (Fsp3) is 0.0435. The molecule has 0 aromatic heterocycles. The number of nitrogens with zero attached hydrogens (tertiary/aromatic N) is 4. The summed E-state index contributed by atoms with van der Waals surface area (Å²) in [6.07, 6.45) is 0. The zero-order valence-corrected chi connectivity index (χ0v) is 22.3. The van der Waals surface area contributed by atoms with Crippen molar-refractivity contribution in [3.8, 4) is 0 Å². The number of rotatable bonds is 7. The average molecular weight is 593 g/mol. The first-order valence-electron chi connectivity index (χ1n) is 10.7. The van der Waals surface area contributed by atoms with Crippen LogP contribution in [0.25, 0.3) is 10.8 Å². The van der Waals surface area contributed by atoms with Gasteiger partial charge in [-0.05, 0) is 67.6 Å². The predicted molar refractivity (Wildman–Crippen MR) is 143 cm³/mol. The second kappa shape index (κ2) is 10.5. The lowest BCUT2D eigenvalue weighted by atomic mass is 10.1. The van der Waals surface area contributed by atoms with Gasteiger partial charge in [-0.3, -0.25) is 9.11 Å². The minimum atomic E-state index is -5.08. The first-order valence-corrected chi connectivity index (χ1v) is 15.1. The Hall–Kier alpha value is -3.61. The van der Waals surface area contributed by atoms with Gasteiger partial charge in [-0.1, -0.05) is 17.7 Å². The molecule has 5 N–H and O–H groups in total. The number of fused-ring (bicyclic) bond motifs is 1. The Morgan fingerprint density at radius 2 is 0.897 bits per heavy atom. The van der Waals surface area contributed by atoms with Crippen LogP contribution < -0.4 is 0 Å². The second-order valence-electron chi connectivity index (χ2n) is 8.18. The monoisotopic (exact) mass is 592 g/mol. The zero-order chi connectivity index (χ0) is 28.6. The van der Waals surface area contributed by atoms with E-state index >= 15 is 0 Å². The molecule has 0 heterocycles. The molecule has 4 aromatic rings. The van der Waals surface area contributed by atoms with E-state index in [2.05, 4.69) is 20.5 Å². The summed E-state index contributed by atoms with van der Waals surface area (Å²) in [6.45, 7) is 1.95. The molecular formula is C23H20N4O9S3. The van der Waals surface area contributed by atoms with E-state index < -0.39 is 56.6 Å². The molecule has 4 aromatic carbocycles. The van der Waals surface area contributed by atoms with Crippen molar-refractivity contribution < 1.29 is 39.6 Å². The minimum absolute atomic E-state index is 0.230. The molecule has 0 amide bonds. The van der Waals surface area contributed by atoms with Crippen molar-refractivity contribution in [2.45, 2.75) is 21.6 Å². The molecule has 0 saturated carbocycles. The third-order valence-electron chi connectivity index (χ3n) is 5.27. The minimum Gasteiger partial charge on any atom is -0.304 e. The number of hydrogen-bond donors (Lipinski definition) is 5. The molecule has 204 valence electrons. The molecule has 13 nitrogen and oxygen atoms in total. The average Bonchev–Trinajstić information content (AvgIpc) is 2.85. The molecule has 0 aliphatic rings. The third kappa shape index (κ3) is 6.88. The number of aryl methyl sites for hydroxylation is 1. The van der Waals surface area contributed by atoms with Crippen molar-refractivity contribution in [2.24, 2.45) is 20.5 Å². The molecule has 0 saturated heterocycles. The van der Waals surface area contributed by atoms with Gasteiger partial charge < -0.3 is 13.7 Å². The highest BCUT2D eigenvalue weighted by atomic mass is 32.3. The molecule has 39 heavy (non-hydrogen) atoms. The van der Waals surface area contributed by atoms with Gasteiger partial charge >= 0.3 is 0 Å². The maximum Gasteiger partial charge on any atom is 0.295 e. The van der Waals surface area contributed by atoms with E-state index in [1.807, 2.05) is 31.2 Å². The van der Waals surface area contributed by atoms with Gasteiger partial charge in [0.1, 0.15) is 20.7 Å². The molecule has 0 radical (unpaired) electrons. The maximum absolute atomic E-state index is 12.1. The van der Waals surface area contributed by atoms with Gasteiger partial charge in [0.25, 0.3) is 20.2 Å². The molecule has 0 atom stereocenters. The Morgan fingerprint density at radius 1 is 0.513 bits per heavy atom. The van der Waals surface area contributed by atoms with E-state index in [-0.39, 0.29) is 5.69 Å². The van der Waals surface area contributed by atoms with Gasteiger partial charge in [-0.25, -0.2) is 0 Å². The van der Waals surface area contributed by atoms with E-state index in [1.165, 1.54) is 0 Å². The van der Waals surface area contributed by atoms with Crippen molar-refractivity contribution >= 4 is 64.6 Å². The van der Waals surface area contributed by atoms with Crippen molar-refractivity contribution in [2.75, 3.05) is 0 Å². The topological polar surface area (TPSA) is 219 Å². The highest BCUT2D eigenvalue weighted by Gasteiger charge is 2.26. The molecule has 0 aliphatic heterocycles. The summed E-state index contributed by atoms with van der Waals surface area (Å²) in [5.41, 5.74) is 2.33. The van der Waals surface area contributed by atoms with Crippen molar-refractivity contribution in [1.29, 1.82) is 0 Å². The van der Waals surface area contributed by atoms with Crippen LogP contribution in [0.4, 0.5) is 22.7 Å². The van der Waals surface area contributed by atoms with Gasteiger partial charge in [-0.2, -0.15) is 37.3 Å². The van der Waals surface area contributed by atoms with Crippen LogP contribution in [0.5, 0.6) is 0 Å². The second-order valence-corrected chi connectivity index (χ2v) is 12.5. The fourth-order valence-corrected chi connectivity index (χ4v) is 5.49. The van der Waals surface area contributed by atoms with Crippen LogP contribution in [0.2, 0.25) is 0 Å². The Balaban J connectivity index is 1.74. The summed E-state index contributed by atoms with van der Waals surface area (Å²) in [4.78, 5) is -2.65. The van der Waals surface area contributed by atoms with Crippen LogP contribution in [-0.4, -0.2) is 39.6 Å². The summed E-state index contributed by atoms with van der Waals surface area (Å²) < 4.78 is 96.3. The van der Waals surface area contributed by atoms with Gasteiger partial charge in [0.15, 0.2) is 0 Å². The van der Waals surface area contributed by atoms with Gasteiger partial charge in [0, 0.05) is 10.8 Å². The van der Waals surface area contributed by atoms with Gasteiger partial charge in [0.05, 0.1) is 27.6 Å². The van der Waals surface area contributed by atoms with Crippen LogP contribution in [0.1, 0.15) is 5.56 Å². The summed E-state index contributed by atoms with van der Waals surface area (Å²) in [5, 5.41) is 15.2. The molecule has 16 heteroatoms. The first-order chi connectivity index (χ1) is 18.1. The van der Waals surface area contributed by atoms with Gasteiger partial charge in [0.2, 0.25) is 0 Å². The number of benzene rings is 4. The Labute approximate surface area is 224 Å². The maximum atomic E-state index is 12.1. The normalized spacial score (nSPS) is 13.5. The van der Waals surface area contributed by atoms with Crippen LogP contribution in [-0.2, 0) is 20.2 Å². The van der Waals surface area contributed by atoms with E-state index in [9.17, 15) is 39.6 Å². The van der Waals surface area contributed by atoms with Crippen LogP contribution >= 0.6 is 10.9 Å². The smallest absolute Gasteiger partial charge is 0.295 e. The standard InChI is InChI=1S/C23H20N4O9S3/c1-14-2-4-15(5-3-14)24-25-16-6-8-17(9-7-16)26-27-18-10-20-21(22(11-18)38(31,32)33)12-19(37(28,29)30)13-23(20)39(34,35)36/h2-13,28-30H,1H3,(H,31,32,33)(H,34,35,36). The zero-order valence-electron chi connectivity index (χ0n) is 19.8. The lowest BCUT2D eigenvalue weighted by Crippen LogP contribution is -2.06. The first kappa shape index (κ1) is 28.4. The lowest BCUT2D eigenvalue weighted by molar-refractivity contribution is 0.376. The summed E-state index contributed by atoms with van der Waals surface area (Å²) in [7, 11) is -14.6. The van der Waals surface area contributed by atoms with Crippen molar-refractivity contribution in [3.63, 3.8) is 0 Å². The van der Waals surface area contributed by atoms with E-state index in [4.69, 9.17) is 0 Å². The Kier molecular flexibility index (Phi) is 7.66. The molecule has 0 unspecified atom stereocenters. The summed E-state index contributed by atoms with van der Waals surface area (Å²) in [5.74, 6) is 0. The largest absolute Gasteiger partial charge is 0.304 e. The fourth-order valence-electron chi connectivity index (χ4n) is 3.43. The Bertz CT molecular complexity index is 1830. The van der Waals surface area contributed by atoms with Crippen molar-refractivity contribution in [1.82, 2.24) is 0 Å². The molecule has 0 bridgehead atoms. The Morgan fingerprint density at radius 3 is 1.33 bits per heavy atom. The quantitative estimate of drug-likeness (QED) is 0.109. The molecule has 0 fully saturated rings. The van der Waals surface area contributed by atoms with Gasteiger partial charge in [-0.15, -0.1) is 0 Å². The summed E-state index contributed by atoms with van der Waals surface area (Å²) in [6, 6.07) is 16.9. The SMILES string of the molecule is Cc1ccc(N=Nc2ccc(N=Nc3cc(S(=O)(=O)O)c4cc(S(O)(O)O)cc(S(=O)(=O)O)c4c3)cc2)cc1. The number of azo groups is 2. The van der Waals surface area contributed by atoms with Crippen LogP contribution in [0.3, 0.4) is 0 Å². The number of hydrogen-bond acceptors (Lipinski definition) is 11. The highest BCUT2D eigenvalue weighted by molar-refractivity contribution is 8.19. The molecular weight excluding hydrogens is 572 g/mol. The van der Waals surface area contributed by atoms with Crippen LogP contribution in [0, 0.1) is 6.92 Å². The third-order valence-corrected chi connectivity index (χ3v) is 7.93. The van der Waals surface area contributed by atoms with E-state index in [1.54, 1.807) is 24.3 Å². The predicted octanol–water partition coefficient (Wildman–Crippen LogP) is 7.05. The van der Waals surface area contributed by atoms with Crippen LogP contribution in [0.15, 0.2) is 108 Å². The van der Waals surface area contributed by atoms with Crippen molar-refractivity contribution in [3.05, 3.63) is 78.4 Å².